The molecular formula is C34H31FN8O2. The van der Waals surface area contributed by atoms with E-state index >= 15 is 0 Å². The zero-order valence-electron chi connectivity index (χ0n) is 24.5. The molecule has 3 heterocycles. The number of anilines is 2. The second-order valence-electron chi connectivity index (χ2n) is 10.7. The Labute approximate surface area is 259 Å². The lowest BCUT2D eigenvalue weighted by Gasteiger charge is -2.36. The minimum absolute atomic E-state index is 0.226. The summed E-state index contributed by atoms with van der Waals surface area (Å²) < 4.78 is 21.6. The first-order valence-electron chi connectivity index (χ1n) is 14.6. The molecule has 3 aromatic carbocycles. The molecule has 10 nitrogen and oxygen atoms in total. The number of nitrogens with zero attached hydrogens (tertiary/aromatic N) is 7. The van der Waals surface area contributed by atoms with E-state index in [1.807, 2.05) is 35.2 Å². The summed E-state index contributed by atoms with van der Waals surface area (Å²) >= 11 is 0. The van der Waals surface area contributed by atoms with Crippen molar-refractivity contribution in [2.45, 2.75) is 6.54 Å². The number of nitrogen functional groups attached to an aromatic ring is 1. The lowest BCUT2D eigenvalue weighted by Crippen LogP contribution is -2.47. The largest absolute Gasteiger partial charge is 0.489 e. The minimum Gasteiger partial charge on any atom is -0.489 e. The fraction of sp³-hybridized carbons (Fsp3) is 0.206. The normalized spacial score (nSPS) is 13.4. The van der Waals surface area contributed by atoms with Gasteiger partial charge in [0.1, 0.15) is 12.4 Å². The lowest BCUT2D eigenvalue weighted by molar-refractivity contribution is 0.199. The first-order valence-corrected chi connectivity index (χ1v) is 14.6. The van der Waals surface area contributed by atoms with E-state index in [4.69, 9.17) is 10.5 Å². The molecule has 0 aliphatic carbocycles. The maximum atomic E-state index is 14.3. The molecule has 226 valence electrons. The Kier molecular flexibility index (Phi) is 8.75. The fourth-order valence-electron chi connectivity index (χ4n) is 5.27. The standard InChI is InChI=1S/C34H31FN8O2/c35-30-19-28(37)7-9-32(30)42-13-11-41(12-14-42)15-16-45-29-21-38-34(39-22-29)27-6-2-4-25(18-27)23-43-33(44)10-8-31(40-43)26-5-1-3-24(17-26)20-36/h1-10,17-19,21-22H,11-16,23,37H2. The highest BCUT2D eigenvalue weighted by Gasteiger charge is 2.19. The highest BCUT2D eigenvalue weighted by Crippen LogP contribution is 2.23. The Morgan fingerprint density at radius 1 is 0.911 bits per heavy atom. The van der Waals surface area contributed by atoms with Gasteiger partial charge in [0.2, 0.25) is 0 Å². The van der Waals surface area contributed by atoms with Gasteiger partial charge in [-0.1, -0.05) is 30.3 Å². The van der Waals surface area contributed by atoms with E-state index < -0.39 is 0 Å². The molecule has 1 fully saturated rings. The van der Waals surface area contributed by atoms with E-state index in [2.05, 4.69) is 26.0 Å². The Morgan fingerprint density at radius 2 is 1.69 bits per heavy atom. The monoisotopic (exact) mass is 602 g/mol. The molecule has 2 N–H and O–H groups in total. The van der Waals surface area contributed by atoms with E-state index in [0.29, 0.717) is 40.8 Å². The van der Waals surface area contributed by atoms with Gasteiger partial charge in [-0.2, -0.15) is 10.4 Å². The Hall–Kier alpha value is -5.60. The summed E-state index contributed by atoms with van der Waals surface area (Å²) in [4.78, 5) is 25.9. The van der Waals surface area contributed by atoms with Gasteiger partial charge in [-0.15, -0.1) is 0 Å². The van der Waals surface area contributed by atoms with Crippen molar-refractivity contribution in [3.63, 3.8) is 0 Å². The zero-order chi connectivity index (χ0) is 31.2. The number of nitrogens with two attached hydrogens (primary N) is 1. The van der Waals surface area contributed by atoms with Crippen LogP contribution in [0.1, 0.15) is 11.1 Å². The predicted molar refractivity (Wildman–Crippen MR) is 170 cm³/mol. The molecule has 0 atom stereocenters. The van der Waals surface area contributed by atoms with Crippen molar-refractivity contribution in [1.29, 1.82) is 5.26 Å². The number of nitriles is 1. The zero-order valence-corrected chi connectivity index (χ0v) is 24.5. The van der Waals surface area contributed by atoms with E-state index in [1.54, 1.807) is 48.8 Å². The second kappa shape index (κ2) is 13.4. The molecule has 1 aliphatic rings. The molecule has 1 saturated heterocycles. The Morgan fingerprint density at radius 3 is 2.47 bits per heavy atom. The van der Waals surface area contributed by atoms with Crippen LogP contribution in [0.3, 0.4) is 0 Å². The van der Waals surface area contributed by atoms with Gasteiger partial charge in [0.25, 0.3) is 5.56 Å². The van der Waals surface area contributed by atoms with Crippen LogP contribution >= 0.6 is 0 Å². The van der Waals surface area contributed by atoms with Gasteiger partial charge in [-0.05, 0) is 48.0 Å². The molecule has 0 unspecified atom stereocenters. The summed E-state index contributed by atoms with van der Waals surface area (Å²) in [7, 11) is 0. The molecule has 0 saturated carbocycles. The molecule has 45 heavy (non-hydrogen) atoms. The van der Waals surface area contributed by atoms with Crippen LogP contribution < -0.4 is 20.9 Å². The average molecular weight is 603 g/mol. The number of hydrogen-bond acceptors (Lipinski definition) is 9. The first kappa shape index (κ1) is 29.5. The quantitative estimate of drug-likeness (QED) is 0.247. The molecular weight excluding hydrogens is 571 g/mol. The SMILES string of the molecule is N#Cc1cccc(-c2ccc(=O)n(Cc3cccc(-c4ncc(OCCN5CCN(c6ccc(N)cc6F)CC5)cn4)c3)n2)c1. The maximum Gasteiger partial charge on any atom is 0.267 e. The average Bonchev–Trinajstić information content (AvgIpc) is 3.07. The minimum atomic E-state index is -0.292. The van der Waals surface area contributed by atoms with Gasteiger partial charge in [0.15, 0.2) is 11.6 Å². The predicted octanol–water partition coefficient (Wildman–Crippen LogP) is 4.21. The number of halogens is 1. The third-order valence-corrected chi connectivity index (χ3v) is 7.66. The summed E-state index contributed by atoms with van der Waals surface area (Å²) in [5, 5.41) is 13.8. The van der Waals surface area contributed by atoms with Crippen LogP contribution in [0.2, 0.25) is 0 Å². The van der Waals surface area contributed by atoms with Crippen molar-refractivity contribution in [2.24, 2.45) is 0 Å². The number of aromatic nitrogens is 4. The van der Waals surface area contributed by atoms with Gasteiger partial charge >= 0.3 is 0 Å². The van der Waals surface area contributed by atoms with Crippen LogP contribution in [0.4, 0.5) is 15.8 Å². The van der Waals surface area contributed by atoms with Crippen LogP contribution in [-0.2, 0) is 6.54 Å². The number of hydrogen-bond donors (Lipinski definition) is 1. The molecule has 11 heteroatoms. The van der Waals surface area contributed by atoms with Gasteiger partial charge in [-0.3, -0.25) is 9.69 Å². The van der Waals surface area contributed by atoms with Crippen LogP contribution in [0.15, 0.2) is 96.1 Å². The van der Waals surface area contributed by atoms with E-state index in [1.165, 1.54) is 16.8 Å². The van der Waals surface area contributed by atoms with Crippen LogP contribution in [0.5, 0.6) is 5.75 Å². The van der Waals surface area contributed by atoms with E-state index in [0.717, 1.165) is 49.4 Å². The smallest absolute Gasteiger partial charge is 0.267 e. The maximum absolute atomic E-state index is 14.3. The van der Waals surface area contributed by atoms with E-state index in [9.17, 15) is 14.4 Å². The molecule has 0 radical (unpaired) electrons. The molecule has 1 aliphatic heterocycles. The van der Waals surface area contributed by atoms with Crippen molar-refractivity contribution < 1.29 is 9.13 Å². The molecule has 0 spiro atoms. The van der Waals surface area contributed by atoms with Crippen LogP contribution in [-0.4, -0.2) is 64.0 Å². The molecule has 0 amide bonds. The Bertz CT molecular complexity index is 1900. The first-order chi connectivity index (χ1) is 21.9. The number of benzene rings is 3. The number of ether oxygens (including phenoxy) is 1. The fourth-order valence-corrected chi connectivity index (χ4v) is 5.27. The summed E-state index contributed by atoms with van der Waals surface area (Å²) in [6.45, 7) is 4.55. The Balaban J connectivity index is 1.03. The summed E-state index contributed by atoms with van der Waals surface area (Å²) in [5.74, 6) is 0.822. The third-order valence-electron chi connectivity index (χ3n) is 7.66. The lowest BCUT2D eigenvalue weighted by atomic mass is 10.1. The van der Waals surface area contributed by atoms with Gasteiger partial charge < -0.3 is 15.4 Å². The third kappa shape index (κ3) is 7.14. The second-order valence-corrected chi connectivity index (χ2v) is 10.7. The summed E-state index contributed by atoms with van der Waals surface area (Å²) in [5.41, 5.74) is 10.0. The van der Waals surface area contributed by atoms with Crippen molar-refractivity contribution in [3.8, 4) is 34.5 Å². The topological polar surface area (TPSA) is 126 Å². The van der Waals surface area contributed by atoms with Gasteiger partial charge in [0, 0.05) is 55.6 Å². The van der Waals surface area contributed by atoms with Crippen LogP contribution in [0.25, 0.3) is 22.6 Å². The van der Waals surface area contributed by atoms with Crippen molar-refractivity contribution >= 4 is 11.4 Å². The number of rotatable bonds is 9. The van der Waals surface area contributed by atoms with Crippen LogP contribution in [0, 0.1) is 17.1 Å². The summed E-state index contributed by atoms with van der Waals surface area (Å²) in [6.07, 6.45) is 3.31. The molecule has 6 rings (SSSR count). The van der Waals surface area contributed by atoms with Gasteiger partial charge in [-0.25, -0.2) is 19.0 Å². The van der Waals surface area contributed by atoms with E-state index in [-0.39, 0.29) is 17.9 Å². The van der Waals surface area contributed by atoms with Gasteiger partial charge in [0.05, 0.1) is 42.0 Å². The highest BCUT2D eigenvalue weighted by atomic mass is 19.1. The highest BCUT2D eigenvalue weighted by molar-refractivity contribution is 5.61. The molecule has 0 bridgehead atoms. The number of piperazine rings is 1. The molecule has 5 aromatic rings. The van der Waals surface area contributed by atoms with Crippen molar-refractivity contribution in [1.82, 2.24) is 24.6 Å². The summed E-state index contributed by atoms with van der Waals surface area (Å²) in [6, 6.07) is 24.9. The van der Waals surface area contributed by atoms with Crippen molar-refractivity contribution in [2.75, 3.05) is 50.0 Å². The van der Waals surface area contributed by atoms with Crippen molar-refractivity contribution in [3.05, 3.63) is 119 Å². The molecule has 2 aromatic heterocycles.